The number of anilines is 2. The molecule has 0 aliphatic rings. The Bertz CT molecular complexity index is 771. The zero-order valence-electron chi connectivity index (χ0n) is 15.1. The Balaban J connectivity index is 2.09. The van der Waals surface area contributed by atoms with Gasteiger partial charge in [-0.15, -0.1) is 0 Å². The molecule has 5 heteroatoms. The number of carbonyl (C=O) groups is 2. The van der Waals surface area contributed by atoms with Gasteiger partial charge in [0.25, 0.3) is 5.91 Å². The first kappa shape index (κ1) is 18.5. The summed E-state index contributed by atoms with van der Waals surface area (Å²) >= 11 is 0. The lowest BCUT2D eigenvalue weighted by molar-refractivity contribution is -0.122. The molecule has 0 saturated carbocycles. The molecule has 5 nitrogen and oxygen atoms in total. The quantitative estimate of drug-likeness (QED) is 0.833. The minimum atomic E-state index is -0.593. The van der Waals surface area contributed by atoms with Gasteiger partial charge in [-0.1, -0.05) is 25.1 Å². The van der Waals surface area contributed by atoms with Crippen LogP contribution in [0.5, 0.6) is 5.75 Å². The van der Waals surface area contributed by atoms with Crippen LogP contribution in [0, 0.1) is 13.8 Å². The molecule has 0 heterocycles. The van der Waals surface area contributed by atoms with Gasteiger partial charge in [-0.25, -0.2) is 0 Å². The lowest BCUT2D eigenvalue weighted by Gasteiger charge is -2.19. The molecule has 2 rings (SSSR count). The number of rotatable bonds is 6. The van der Waals surface area contributed by atoms with Gasteiger partial charge in [0.1, 0.15) is 5.75 Å². The van der Waals surface area contributed by atoms with E-state index in [1.807, 2.05) is 39.0 Å². The van der Waals surface area contributed by atoms with Crippen molar-refractivity contribution in [2.24, 2.45) is 0 Å². The highest BCUT2D eigenvalue weighted by Crippen LogP contribution is 2.23. The van der Waals surface area contributed by atoms with Crippen LogP contribution >= 0.6 is 0 Å². The zero-order valence-corrected chi connectivity index (χ0v) is 15.1. The maximum atomic E-state index is 12.6. The molecule has 132 valence electrons. The van der Waals surface area contributed by atoms with Crippen molar-refractivity contribution in [2.75, 3.05) is 10.6 Å². The fourth-order valence-corrected chi connectivity index (χ4v) is 2.43. The molecule has 0 bridgehead atoms. The third-order valence-corrected chi connectivity index (χ3v) is 3.94. The van der Waals surface area contributed by atoms with Gasteiger partial charge in [-0.2, -0.15) is 0 Å². The summed E-state index contributed by atoms with van der Waals surface area (Å²) in [6.45, 7) is 7.34. The monoisotopic (exact) mass is 340 g/mol. The first-order valence-corrected chi connectivity index (χ1v) is 8.32. The number of aryl methyl sites for hydroxylation is 1. The molecule has 2 aromatic rings. The van der Waals surface area contributed by atoms with Crippen LogP contribution in [-0.4, -0.2) is 17.9 Å². The first-order chi connectivity index (χ1) is 11.9. The van der Waals surface area contributed by atoms with Gasteiger partial charge >= 0.3 is 0 Å². The number of benzene rings is 2. The summed E-state index contributed by atoms with van der Waals surface area (Å²) in [5.41, 5.74) is 3.39. The first-order valence-electron chi connectivity index (χ1n) is 8.32. The second-order valence-electron chi connectivity index (χ2n) is 5.96. The number of nitrogens with one attached hydrogen (secondary N) is 2. The second kappa shape index (κ2) is 8.33. The highest BCUT2D eigenvalue weighted by Gasteiger charge is 2.19. The Kier molecular flexibility index (Phi) is 6.17. The van der Waals surface area contributed by atoms with E-state index in [0.29, 0.717) is 23.5 Å². The average molecular weight is 340 g/mol. The van der Waals surface area contributed by atoms with E-state index in [-0.39, 0.29) is 11.8 Å². The highest BCUT2D eigenvalue weighted by atomic mass is 16.5. The van der Waals surface area contributed by atoms with Crippen LogP contribution in [0.25, 0.3) is 0 Å². The predicted octanol–water partition coefficient (Wildman–Crippen LogP) is 4.06. The molecule has 2 amide bonds. The van der Waals surface area contributed by atoms with Gasteiger partial charge in [0.2, 0.25) is 5.91 Å². The molecule has 1 atom stereocenters. The highest BCUT2D eigenvalue weighted by molar-refractivity contribution is 5.95. The van der Waals surface area contributed by atoms with E-state index in [1.165, 1.54) is 6.92 Å². The van der Waals surface area contributed by atoms with Crippen molar-refractivity contribution in [2.45, 2.75) is 40.2 Å². The minimum absolute atomic E-state index is 0.159. The third-order valence-electron chi connectivity index (χ3n) is 3.94. The van der Waals surface area contributed by atoms with E-state index in [2.05, 4.69) is 10.6 Å². The third kappa shape index (κ3) is 5.08. The molecule has 2 N–H and O–H groups in total. The predicted molar refractivity (Wildman–Crippen MR) is 100.0 cm³/mol. The van der Waals surface area contributed by atoms with Gasteiger partial charge in [-0.05, 0) is 55.7 Å². The van der Waals surface area contributed by atoms with Crippen molar-refractivity contribution >= 4 is 23.2 Å². The Morgan fingerprint density at radius 2 is 1.68 bits per heavy atom. The van der Waals surface area contributed by atoms with Gasteiger partial charge in [0, 0.05) is 18.3 Å². The number of ether oxygens (including phenoxy) is 1. The lowest BCUT2D eigenvalue weighted by atomic mass is 10.1. The molecular weight excluding hydrogens is 316 g/mol. The molecule has 1 unspecified atom stereocenters. The van der Waals surface area contributed by atoms with Crippen molar-refractivity contribution in [1.82, 2.24) is 0 Å². The molecule has 0 spiro atoms. The standard InChI is InChI=1S/C20H24N2O3/c1-5-18(25-19-11-6-8-13(2)14(19)3)20(24)22-17-10-7-9-16(12-17)21-15(4)23/h6-12,18H,5H2,1-4H3,(H,21,23)(H,22,24). The molecule has 0 saturated heterocycles. The van der Waals surface area contributed by atoms with Crippen molar-refractivity contribution in [3.05, 3.63) is 53.6 Å². The van der Waals surface area contributed by atoms with Gasteiger partial charge in [0.05, 0.1) is 0 Å². The van der Waals surface area contributed by atoms with Crippen LogP contribution in [0.3, 0.4) is 0 Å². The summed E-state index contributed by atoms with van der Waals surface area (Å²) in [6.07, 6.45) is -0.0464. The summed E-state index contributed by atoms with van der Waals surface area (Å²) < 4.78 is 5.92. The number of carbonyl (C=O) groups excluding carboxylic acids is 2. The van der Waals surface area contributed by atoms with Crippen LogP contribution in [0.15, 0.2) is 42.5 Å². The summed E-state index contributed by atoms with van der Waals surface area (Å²) in [4.78, 5) is 23.7. The van der Waals surface area contributed by atoms with E-state index >= 15 is 0 Å². The summed E-state index contributed by atoms with van der Waals surface area (Å²) in [7, 11) is 0. The summed E-state index contributed by atoms with van der Waals surface area (Å²) in [6, 6.07) is 12.8. The van der Waals surface area contributed by atoms with Gasteiger partial charge in [0.15, 0.2) is 6.10 Å². The van der Waals surface area contributed by atoms with Crippen molar-refractivity contribution in [3.8, 4) is 5.75 Å². The smallest absolute Gasteiger partial charge is 0.265 e. The maximum absolute atomic E-state index is 12.6. The zero-order chi connectivity index (χ0) is 18.4. The Hall–Kier alpha value is -2.82. The number of hydrogen-bond acceptors (Lipinski definition) is 3. The fraction of sp³-hybridized carbons (Fsp3) is 0.300. The van der Waals surface area contributed by atoms with E-state index in [4.69, 9.17) is 4.74 Å². The van der Waals surface area contributed by atoms with E-state index in [9.17, 15) is 9.59 Å². The summed E-state index contributed by atoms with van der Waals surface area (Å²) in [5, 5.41) is 5.54. The Labute approximate surface area is 148 Å². The minimum Gasteiger partial charge on any atom is -0.480 e. The molecule has 0 fully saturated rings. The normalized spacial score (nSPS) is 11.5. The fourth-order valence-electron chi connectivity index (χ4n) is 2.43. The van der Waals surface area contributed by atoms with Crippen LogP contribution in [0.2, 0.25) is 0 Å². The molecule has 0 aliphatic carbocycles. The largest absolute Gasteiger partial charge is 0.480 e. The van der Waals surface area contributed by atoms with E-state index in [0.717, 1.165) is 11.1 Å². The van der Waals surface area contributed by atoms with Crippen molar-refractivity contribution in [1.29, 1.82) is 0 Å². The molecule has 0 radical (unpaired) electrons. The number of hydrogen-bond donors (Lipinski definition) is 2. The molecule has 0 aliphatic heterocycles. The average Bonchev–Trinajstić information content (AvgIpc) is 2.55. The molecule has 25 heavy (non-hydrogen) atoms. The molecule has 2 aromatic carbocycles. The number of amides is 2. The molecular formula is C20H24N2O3. The molecule has 0 aromatic heterocycles. The topological polar surface area (TPSA) is 67.4 Å². The SMILES string of the molecule is CCC(Oc1cccc(C)c1C)C(=O)Nc1cccc(NC(C)=O)c1. The van der Waals surface area contributed by atoms with Crippen LogP contribution in [-0.2, 0) is 9.59 Å². The van der Waals surface area contributed by atoms with Crippen molar-refractivity contribution in [3.63, 3.8) is 0 Å². The Morgan fingerprint density at radius 1 is 1.04 bits per heavy atom. The van der Waals surface area contributed by atoms with Gasteiger partial charge < -0.3 is 15.4 Å². The van der Waals surface area contributed by atoms with E-state index < -0.39 is 6.10 Å². The second-order valence-corrected chi connectivity index (χ2v) is 5.96. The van der Waals surface area contributed by atoms with Crippen LogP contribution in [0.4, 0.5) is 11.4 Å². The Morgan fingerprint density at radius 3 is 2.32 bits per heavy atom. The maximum Gasteiger partial charge on any atom is 0.265 e. The van der Waals surface area contributed by atoms with Crippen LogP contribution in [0.1, 0.15) is 31.4 Å². The van der Waals surface area contributed by atoms with Crippen LogP contribution < -0.4 is 15.4 Å². The van der Waals surface area contributed by atoms with E-state index in [1.54, 1.807) is 24.3 Å². The summed E-state index contributed by atoms with van der Waals surface area (Å²) in [5.74, 6) is 0.338. The van der Waals surface area contributed by atoms with Crippen molar-refractivity contribution < 1.29 is 14.3 Å². The lowest BCUT2D eigenvalue weighted by Crippen LogP contribution is -2.32. The van der Waals surface area contributed by atoms with Gasteiger partial charge in [-0.3, -0.25) is 9.59 Å².